The van der Waals surface area contributed by atoms with Gasteiger partial charge in [-0.05, 0) is 54.1 Å². The monoisotopic (exact) mass is 330 g/mol. The smallest absolute Gasteiger partial charge is 0.507 e. The summed E-state index contributed by atoms with van der Waals surface area (Å²) in [4.78, 5) is 12.4. The van der Waals surface area contributed by atoms with Crippen molar-refractivity contribution in [1.29, 1.82) is 0 Å². The molecule has 0 bridgehead atoms. The van der Waals surface area contributed by atoms with Crippen LogP contribution in [0.3, 0.4) is 0 Å². The molecule has 5 heteroatoms. The van der Waals surface area contributed by atoms with Crippen LogP contribution >= 0.6 is 0 Å². The average Bonchev–Trinajstić information content (AvgIpc) is 2.56. The molecule has 0 aliphatic heterocycles. The van der Waals surface area contributed by atoms with E-state index in [9.17, 15) is 9.90 Å². The first kappa shape index (κ1) is 18.3. The molecule has 0 saturated heterocycles. The van der Waals surface area contributed by atoms with Crippen molar-refractivity contribution in [3.05, 3.63) is 66.2 Å². The van der Waals surface area contributed by atoms with Crippen molar-refractivity contribution in [2.45, 2.75) is 6.92 Å². The summed E-state index contributed by atoms with van der Waals surface area (Å²) in [6.07, 6.45) is 0. The second-order valence-corrected chi connectivity index (χ2v) is 5.13. The van der Waals surface area contributed by atoms with Gasteiger partial charge in [-0.15, -0.1) is 0 Å². The van der Waals surface area contributed by atoms with Crippen molar-refractivity contribution in [2.24, 2.45) is 0 Å². The molecule has 0 fully saturated rings. The van der Waals surface area contributed by atoms with Crippen LogP contribution in [0.5, 0.6) is 11.5 Å². The quantitative estimate of drug-likeness (QED) is 0.707. The molecule has 116 valence electrons. The minimum atomic E-state index is -0.350. The predicted molar refractivity (Wildman–Crippen MR) is 91.2 cm³/mol. The Morgan fingerprint density at radius 1 is 1.04 bits per heavy atom. The first-order chi connectivity index (χ1) is 11.2. The number of carbonyl (C=O) groups is 1. The normalized spacial score (nSPS) is 10.0. The maximum atomic E-state index is 12.4. The number of ether oxygens (including phenoxy) is 1. The number of hydrogen-bond acceptors (Lipinski definition) is 3. The number of benzene rings is 3. The van der Waals surface area contributed by atoms with Crippen LogP contribution in [0.15, 0.2) is 60.7 Å². The van der Waals surface area contributed by atoms with Crippen molar-refractivity contribution in [3.8, 4) is 11.5 Å². The van der Waals surface area contributed by atoms with Gasteiger partial charge in [0.25, 0.3) is 5.91 Å². The van der Waals surface area contributed by atoms with Crippen LogP contribution in [-0.4, -0.2) is 17.6 Å². The zero-order valence-electron chi connectivity index (χ0n) is 13.7. The minimum absolute atomic E-state index is 0. The number of phenolic OH excluding ortho intramolecular Hbond substituents is 1. The third-order valence-electron chi connectivity index (χ3n) is 3.53. The van der Waals surface area contributed by atoms with Crippen molar-refractivity contribution in [2.75, 3.05) is 11.9 Å². The van der Waals surface area contributed by atoms with Crippen LogP contribution in [0.2, 0.25) is 0 Å². The Bertz CT molecular complexity index is 847. The topological polar surface area (TPSA) is 58.6 Å². The van der Waals surface area contributed by atoms with E-state index in [1.807, 2.05) is 31.2 Å². The largest absolute Gasteiger partial charge is 1.00 e. The third-order valence-corrected chi connectivity index (χ3v) is 3.53. The van der Waals surface area contributed by atoms with Gasteiger partial charge in [-0.1, -0.05) is 24.3 Å². The molecule has 1 amide bonds. The van der Waals surface area contributed by atoms with E-state index in [0.29, 0.717) is 12.3 Å². The first-order valence-electron chi connectivity index (χ1n) is 7.43. The Labute approximate surface area is 162 Å². The summed E-state index contributed by atoms with van der Waals surface area (Å²) in [7, 11) is 0. The zero-order chi connectivity index (χ0) is 16.2. The molecule has 0 spiro atoms. The van der Waals surface area contributed by atoms with Crippen LogP contribution in [0.1, 0.15) is 17.3 Å². The molecule has 0 heterocycles. The Hall–Kier alpha value is -2.01. The molecule has 24 heavy (non-hydrogen) atoms. The van der Waals surface area contributed by atoms with Crippen molar-refractivity contribution < 1.29 is 44.2 Å². The van der Waals surface area contributed by atoms with Crippen LogP contribution in [-0.2, 0) is 0 Å². The van der Waals surface area contributed by atoms with E-state index in [1.165, 1.54) is 0 Å². The molecule has 0 saturated carbocycles. The Balaban J connectivity index is 0.00000208. The van der Waals surface area contributed by atoms with E-state index in [4.69, 9.17) is 4.74 Å². The number of anilines is 1. The molecule has 2 N–H and O–H groups in total. The van der Waals surface area contributed by atoms with E-state index in [2.05, 4.69) is 5.32 Å². The maximum Gasteiger partial charge on any atom is 1.00 e. The fourth-order valence-corrected chi connectivity index (χ4v) is 2.41. The number of phenols is 1. The molecule has 0 radical (unpaired) electrons. The standard InChI is InChI=1S/C19H17NO3.Na/c1-2-23-16-9-7-15(8-10-16)20-19(22)17-11-13-5-3-4-6-14(13)12-18(17)21;/h3-12,21H,2H2,1H3,(H,20,22);/q;+1. The van der Waals surface area contributed by atoms with Gasteiger partial charge in [0.1, 0.15) is 11.5 Å². The molecule has 4 nitrogen and oxygen atoms in total. The second kappa shape index (κ2) is 8.20. The predicted octanol–water partition coefficient (Wildman–Crippen LogP) is 1.20. The molecule has 0 aliphatic rings. The number of nitrogens with one attached hydrogen (secondary N) is 1. The maximum absolute atomic E-state index is 12.4. The van der Waals surface area contributed by atoms with Gasteiger partial charge in [0.15, 0.2) is 0 Å². The SMILES string of the molecule is CCOc1ccc(NC(=O)c2cc3ccccc3cc2O)cc1.[Na+]. The molecule has 3 rings (SSSR count). The number of aromatic hydroxyl groups is 1. The van der Waals surface area contributed by atoms with Crippen molar-refractivity contribution in [3.63, 3.8) is 0 Å². The van der Waals surface area contributed by atoms with E-state index in [-0.39, 0.29) is 46.8 Å². The molecule has 0 aromatic heterocycles. The molecule has 3 aromatic carbocycles. The van der Waals surface area contributed by atoms with Crippen molar-refractivity contribution >= 4 is 22.4 Å². The summed E-state index contributed by atoms with van der Waals surface area (Å²) in [5.74, 6) is 0.364. The van der Waals surface area contributed by atoms with Gasteiger partial charge < -0.3 is 15.2 Å². The summed E-state index contributed by atoms with van der Waals surface area (Å²) in [5, 5.41) is 14.7. The molecule has 3 aromatic rings. The van der Waals surface area contributed by atoms with Gasteiger partial charge in [0, 0.05) is 5.69 Å². The third kappa shape index (κ3) is 4.09. The average molecular weight is 330 g/mol. The van der Waals surface area contributed by atoms with Crippen LogP contribution in [0.25, 0.3) is 10.8 Å². The van der Waals surface area contributed by atoms with Crippen LogP contribution < -0.4 is 39.6 Å². The zero-order valence-corrected chi connectivity index (χ0v) is 15.7. The number of carbonyl (C=O) groups excluding carboxylic acids is 1. The molecule has 0 aliphatic carbocycles. The van der Waals surface area contributed by atoms with Crippen LogP contribution in [0.4, 0.5) is 5.69 Å². The van der Waals surface area contributed by atoms with Gasteiger partial charge in [-0.25, -0.2) is 0 Å². The molecule has 0 unspecified atom stereocenters. The summed E-state index contributed by atoms with van der Waals surface area (Å²) >= 11 is 0. The summed E-state index contributed by atoms with van der Waals surface area (Å²) < 4.78 is 5.37. The summed E-state index contributed by atoms with van der Waals surface area (Å²) in [6, 6.07) is 18.0. The minimum Gasteiger partial charge on any atom is -0.507 e. The van der Waals surface area contributed by atoms with Gasteiger partial charge in [-0.2, -0.15) is 0 Å². The van der Waals surface area contributed by atoms with Gasteiger partial charge in [0.05, 0.1) is 12.2 Å². The number of hydrogen-bond donors (Lipinski definition) is 2. The number of rotatable bonds is 4. The van der Waals surface area contributed by atoms with E-state index >= 15 is 0 Å². The van der Waals surface area contributed by atoms with E-state index < -0.39 is 0 Å². The first-order valence-corrected chi connectivity index (χ1v) is 7.43. The van der Waals surface area contributed by atoms with Gasteiger partial charge in [-0.3, -0.25) is 4.79 Å². The fraction of sp³-hybridized carbons (Fsp3) is 0.105. The second-order valence-electron chi connectivity index (χ2n) is 5.13. The van der Waals surface area contributed by atoms with E-state index in [1.54, 1.807) is 36.4 Å². The molecule has 0 atom stereocenters. The molecular weight excluding hydrogens is 313 g/mol. The van der Waals surface area contributed by atoms with Crippen molar-refractivity contribution in [1.82, 2.24) is 0 Å². The molecular formula is C19H17NNaO3+. The van der Waals surface area contributed by atoms with Crippen LogP contribution in [0, 0.1) is 0 Å². The fourth-order valence-electron chi connectivity index (χ4n) is 2.41. The number of fused-ring (bicyclic) bond motifs is 1. The van der Waals surface area contributed by atoms with Gasteiger partial charge >= 0.3 is 29.6 Å². The van der Waals surface area contributed by atoms with Gasteiger partial charge in [0.2, 0.25) is 0 Å². The number of amides is 1. The summed E-state index contributed by atoms with van der Waals surface area (Å²) in [6.45, 7) is 2.51. The van der Waals surface area contributed by atoms with E-state index in [0.717, 1.165) is 16.5 Å². The Morgan fingerprint density at radius 2 is 1.67 bits per heavy atom. The Kier molecular flexibility index (Phi) is 6.26. The Morgan fingerprint density at radius 3 is 2.29 bits per heavy atom. The summed E-state index contributed by atoms with van der Waals surface area (Å²) in [5.41, 5.74) is 0.892.